The van der Waals surface area contributed by atoms with E-state index < -0.39 is 0 Å². The largest absolute Gasteiger partial charge is 0.462 e. The van der Waals surface area contributed by atoms with Crippen LogP contribution in [0.25, 0.3) is 0 Å². The first kappa shape index (κ1) is 21.1. The second kappa shape index (κ2) is 8.68. The summed E-state index contributed by atoms with van der Waals surface area (Å²) >= 11 is 0. The van der Waals surface area contributed by atoms with Gasteiger partial charge in [0.05, 0.1) is 0 Å². The summed E-state index contributed by atoms with van der Waals surface area (Å²) in [6.07, 6.45) is 7.75. The molecule has 5 nitrogen and oxygen atoms in total. The number of hydrogen-bond acceptors (Lipinski definition) is 5. The summed E-state index contributed by atoms with van der Waals surface area (Å²) < 4.78 is 10.6. The number of esters is 2. The third-order valence-electron chi connectivity index (χ3n) is 5.24. The Hall–Kier alpha value is -2.17. The lowest BCUT2D eigenvalue weighted by molar-refractivity contribution is -0.150. The van der Waals surface area contributed by atoms with Crippen LogP contribution >= 0.6 is 0 Å². The molecule has 148 valence electrons. The lowest BCUT2D eigenvalue weighted by Crippen LogP contribution is -2.41. The van der Waals surface area contributed by atoms with Crippen molar-refractivity contribution in [1.82, 2.24) is 0 Å². The fourth-order valence-electron chi connectivity index (χ4n) is 4.27. The van der Waals surface area contributed by atoms with Gasteiger partial charge < -0.3 is 9.47 Å². The van der Waals surface area contributed by atoms with E-state index in [4.69, 9.17) is 9.47 Å². The molecule has 0 bridgehead atoms. The number of cyclic esters (lactones) is 1. The van der Waals surface area contributed by atoms with Crippen LogP contribution in [0.1, 0.15) is 60.3 Å². The Labute approximate surface area is 161 Å². The van der Waals surface area contributed by atoms with Crippen LogP contribution in [0.5, 0.6) is 0 Å². The van der Waals surface area contributed by atoms with Crippen LogP contribution in [0.2, 0.25) is 0 Å². The minimum atomic E-state index is -0.305. The van der Waals surface area contributed by atoms with Gasteiger partial charge >= 0.3 is 11.9 Å². The summed E-state index contributed by atoms with van der Waals surface area (Å²) in [5.74, 6) is -0.438. The van der Waals surface area contributed by atoms with E-state index in [2.05, 4.69) is 19.9 Å². The standard InChI is InChI=1S/C22H30O5/c1-14(7-6-8-17-11-20(25)26-13-17)9-19(27-16(3)23)21-15(2)10-18(24)12-22(21,4)5/h7,10-11,19,21H,6,8-9,12-13H2,1-5H3/b14-7-/t19-,21+/m1/s1. The third-order valence-corrected chi connectivity index (χ3v) is 5.24. The van der Waals surface area contributed by atoms with Gasteiger partial charge in [-0.1, -0.05) is 31.1 Å². The van der Waals surface area contributed by atoms with E-state index in [1.54, 1.807) is 12.2 Å². The fourth-order valence-corrected chi connectivity index (χ4v) is 4.27. The maximum absolute atomic E-state index is 12.0. The van der Waals surface area contributed by atoms with E-state index >= 15 is 0 Å². The normalized spacial score (nSPS) is 23.4. The molecule has 2 rings (SSSR count). The maximum atomic E-state index is 12.0. The molecule has 0 amide bonds. The molecule has 5 heteroatoms. The van der Waals surface area contributed by atoms with Gasteiger partial charge in [-0.25, -0.2) is 4.79 Å². The van der Waals surface area contributed by atoms with E-state index in [0.29, 0.717) is 19.4 Å². The number of ketones is 1. The van der Waals surface area contributed by atoms with E-state index in [1.807, 2.05) is 13.8 Å². The topological polar surface area (TPSA) is 69.7 Å². The minimum absolute atomic E-state index is 0.00557. The fraction of sp³-hybridized carbons (Fsp3) is 0.591. The molecule has 1 heterocycles. The molecular formula is C22H30O5. The molecule has 0 saturated heterocycles. The van der Waals surface area contributed by atoms with E-state index in [1.165, 1.54) is 6.92 Å². The second-order valence-corrected chi connectivity index (χ2v) is 8.35. The zero-order chi connectivity index (χ0) is 20.2. The summed E-state index contributed by atoms with van der Waals surface area (Å²) in [6.45, 7) is 9.91. The molecule has 0 N–H and O–H groups in total. The van der Waals surface area contributed by atoms with Gasteiger partial charge in [-0.15, -0.1) is 0 Å². The van der Waals surface area contributed by atoms with Gasteiger partial charge in [-0.05, 0) is 43.8 Å². The molecule has 0 aromatic rings. The van der Waals surface area contributed by atoms with Gasteiger partial charge in [-0.3, -0.25) is 9.59 Å². The van der Waals surface area contributed by atoms with Gasteiger partial charge in [-0.2, -0.15) is 0 Å². The molecule has 1 aliphatic carbocycles. The molecule has 0 aromatic heterocycles. The molecule has 27 heavy (non-hydrogen) atoms. The average Bonchev–Trinajstić information content (AvgIpc) is 2.89. The predicted molar refractivity (Wildman–Crippen MR) is 103 cm³/mol. The Morgan fingerprint density at radius 2 is 2.04 bits per heavy atom. The molecule has 0 saturated carbocycles. The lowest BCUT2D eigenvalue weighted by atomic mass is 9.65. The molecule has 2 atom stereocenters. The van der Waals surface area contributed by atoms with E-state index in [-0.39, 0.29) is 35.2 Å². The van der Waals surface area contributed by atoms with Crippen molar-refractivity contribution in [3.8, 4) is 0 Å². The van der Waals surface area contributed by atoms with Crippen molar-refractivity contribution in [3.63, 3.8) is 0 Å². The number of carbonyl (C=O) groups excluding carboxylic acids is 3. The molecule has 0 aromatic carbocycles. The van der Waals surface area contributed by atoms with Crippen molar-refractivity contribution >= 4 is 17.7 Å². The first-order valence-electron chi connectivity index (χ1n) is 9.48. The summed E-state index contributed by atoms with van der Waals surface area (Å²) in [5, 5.41) is 0. The monoisotopic (exact) mass is 374 g/mol. The van der Waals surface area contributed by atoms with Gasteiger partial charge in [0.15, 0.2) is 5.78 Å². The Kier molecular flexibility index (Phi) is 6.79. The highest BCUT2D eigenvalue weighted by Gasteiger charge is 2.42. The number of rotatable bonds is 7. The highest BCUT2D eigenvalue weighted by molar-refractivity contribution is 5.92. The van der Waals surface area contributed by atoms with Crippen molar-refractivity contribution in [1.29, 1.82) is 0 Å². The highest BCUT2D eigenvalue weighted by atomic mass is 16.5. The lowest BCUT2D eigenvalue weighted by Gasteiger charge is -2.42. The zero-order valence-corrected chi connectivity index (χ0v) is 17.0. The van der Waals surface area contributed by atoms with Gasteiger partial charge in [0.2, 0.25) is 0 Å². The smallest absolute Gasteiger partial charge is 0.331 e. The Morgan fingerprint density at radius 3 is 2.59 bits per heavy atom. The summed E-state index contributed by atoms with van der Waals surface area (Å²) in [7, 11) is 0. The van der Waals surface area contributed by atoms with Crippen LogP contribution in [0, 0.1) is 11.3 Å². The second-order valence-electron chi connectivity index (χ2n) is 8.35. The third kappa shape index (κ3) is 5.91. The number of hydrogen-bond donors (Lipinski definition) is 0. The van der Waals surface area contributed by atoms with Crippen LogP contribution in [0.4, 0.5) is 0 Å². The van der Waals surface area contributed by atoms with Gasteiger partial charge in [0, 0.05) is 31.8 Å². The SMILES string of the molecule is CC(=O)O[C@H](C/C(C)=C\CCC1=CC(=O)OC1)[C@@H]1C(C)=CC(=O)CC1(C)C. The van der Waals surface area contributed by atoms with Crippen LogP contribution < -0.4 is 0 Å². The molecule has 0 radical (unpaired) electrons. The van der Waals surface area contributed by atoms with Crippen LogP contribution in [-0.4, -0.2) is 30.4 Å². The first-order valence-corrected chi connectivity index (χ1v) is 9.48. The maximum Gasteiger partial charge on any atom is 0.331 e. The van der Waals surface area contributed by atoms with Crippen LogP contribution in [-0.2, 0) is 23.9 Å². The summed E-state index contributed by atoms with van der Waals surface area (Å²) in [6, 6.07) is 0. The number of ether oxygens (including phenoxy) is 2. The average molecular weight is 374 g/mol. The van der Waals surface area contributed by atoms with Gasteiger partial charge in [0.1, 0.15) is 12.7 Å². The van der Waals surface area contributed by atoms with Crippen molar-refractivity contribution in [2.75, 3.05) is 6.61 Å². The Morgan fingerprint density at radius 1 is 1.33 bits per heavy atom. The molecular weight excluding hydrogens is 344 g/mol. The quantitative estimate of drug-likeness (QED) is 0.496. The molecule has 0 unspecified atom stereocenters. The summed E-state index contributed by atoms with van der Waals surface area (Å²) in [5.41, 5.74) is 2.85. The van der Waals surface area contributed by atoms with Crippen molar-refractivity contribution in [2.24, 2.45) is 11.3 Å². The van der Waals surface area contributed by atoms with E-state index in [0.717, 1.165) is 29.6 Å². The highest BCUT2D eigenvalue weighted by Crippen LogP contribution is 2.44. The van der Waals surface area contributed by atoms with Crippen molar-refractivity contribution in [3.05, 3.63) is 34.9 Å². The minimum Gasteiger partial charge on any atom is -0.462 e. The predicted octanol–water partition coefficient (Wildman–Crippen LogP) is 4.08. The molecule has 1 aliphatic heterocycles. The first-order chi connectivity index (χ1) is 12.6. The van der Waals surface area contributed by atoms with Crippen molar-refractivity contribution in [2.45, 2.75) is 66.4 Å². The van der Waals surface area contributed by atoms with Gasteiger partial charge in [0.25, 0.3) is 0 Å². The Bertz CT molecular complexity index is 708. The molecule has 0 fully saturated rings. The molecule has 2 aliphatic rings. The van der Waals surface area contributed by atoms with Crippen molar-refractivity contribution < 1.29 is 23.9 Å². The zero-order valence-electron chi connectivity index (χ0n) is 17.0. The molecule has 0 spiro atoms. The van der Waals surface area contributed by atoms with Crippen LogP contribution in [0.15, 0.2) is 34.9 Å². The Balaban J connectivity index is 2.09. The summed E-state index contributed by atoms with van der Waals surface area (Å²) in [4.78, 5) is 34.8. The van der Waals surface area contributed by atoms with Crippen LogP contribution in [0.3, 0.4) is 0 Å². The number of carbonyl (C=O) groups is 3. The van der Waals surface area contributed by atoms with E-state index in [9.17, 15) is 14.4 Å². The number of allylic oxidation sites excluding steroid dienone is 2.